The van der Waals surface area contributed by atoms with Crippen LogP contribution in [-0.4, -0.2) is 31.1 Å². The molecule has 0 spiro atoms. The van der Waals surface area contributed by atoms with Crippen molar-refractivity contribution in [2.75, 3.05) is 13.7 Å². The smallest absolute Gasteiger partial charge is 0.277 e. The van der Waals surface area contributed by atoms with E-state index in [1.54, 1.807) is 37.4 Å². The molecular weight excluding hydrogens is 344 g/mol. The number of rotatable bonds is 5. The minimum atomic E-state index is -0.450. The third kappa shape index (κ3) is 3.13. The van der Waals surface area contributed by atoms with Gasteiger partial charge in [0.15, 0.2) is 6.61 Å². The van der Waals surface area contributed by atoms with Crippen molar-refractivity contribution in [1.82, 2.24) is 5.43 Å². The quantitative estimate of drug-likeness (QED) is 0.710. The molecule has 27 heavy (non-hydrogen) atoms. The van der Waals surface area contributed by atoms with Gasteiger partial charge in [0.1, 0.15) is 17.2 Å². The van der Waals surface area contributed by atoms with Gasteiger partial charge in [-0.3, -0.25) is 9.59 Å². The molecule has 134 valence electrons. The predicted octanol–water partition coefficient (Wildman–Crippen LogP) is 2.94. The van der Waals surface area contributed by atoms with Crippen LogP contribution in [0.4, 0.5) is 0 Å². The van der Waals surface area contributed by atoms with Gasteiger partial charge in [0.25, 0.3) is 5.91 Å². The van der Waals surface area contributed by atoms with Crippen molar-refractivity contribution >= 4 is 28.2 Å². The highest BCUT2D eigenvalue weighted by atomic mass is 16.5. The van der Waals surface area contributed by atoms with Gasteiger partial charge in [0.2, 0.25) is 5.78 Å². The number of hydrogen-bond donors (Lipinski definition) is 1. The van der Waals surface area contributed by atoms with Crippen LogP contribution in [0.1, 0.15) is 15.9 Å². The molecule has 3 aromatic carbocycles. The Kier molecular flexibility index (Phi) is 4.30. The molecule has 1 N–H and O–H groups in total. The average molecular weight is 360 g/mol. The first kappa shape index (κ1) is 16.8. The largest absolute Gasteiger partial charge is 0.497 e. The summed E-state index contributed by atoms with van der Waals surface area (Å²) in [5, 5.41) is 5.89. The summed E-state index contributed by atoms with van der Waals surface area (Å²) >= 11 is 0. The number of methoxy groups -OCH3 is 1. The second-order valence-corrected chi connectivity index (χ2v) is 6.00. The highest BCUT2D eigenvalue weighted by Crippen LogP contribution is 2.30. The first-order valence-corrected chi connectivity index (χ1v) is 8.37. The van der Waals surface area contributed by atoms with Gasteiger partial charge in [0.05, 0.1) is 7.11 Å². The van der Waals surface area contributed by atoms with Crippen molar-refractivity contribution in [2.45, 2.75) is 0 Å². The minimum Gasteiger partial charge on any atom is -0.497 e. The summed E-state index contributed by atoms with van der Waals surface area (Å²) in [4.78, 5) is 24.6. The number of carbonyl (C=O) groups excluding carboxylic acids is 2. The van der Waals surface area contributed by atoms with Gasteiger partial charge in [-0.15, -0.1) is 0 Å². The van der Waals surface area contributed by atoms with Crippen LogP contribution in [-0.2, 0) is 4.79 Å². The number of ether oxygens (including phenoxy) is 2. The van der Waals surface area contributed by atoms with E-state index in [1.165, 1.54) is 0 Å². The monoisotopic (exact) mass is 360 g/mol. The molecular formula is C21H16N2O4. The molecule has 0 radical (unpaired) electrons. The van der Waals surface area contributed by atoms with E-state index in [2.05, 4.69) is 10.5 Å². The second-order valence-electron chi connectivity index (χ2n) is 6.00. The Morgan fingerprint density at radius 3 is 2.33 bits per heavy atom. The molecule has 0 saturated heterocycles. The van der Waals surface area contributed by atoms with Crippen LogP contribution in [0.3, 0.4) is 0 Å². The molecule has 6 nitrogen and oxygen atoms in total. The number of carbonyl (C=O) groups is 2. The normalized spacial score (nSPS) is 13.8. The van der Waals surface area contributed by atoms with Gasteiger partial charge in [-0.1, -0.05) is 36.4 Å². The number of nitrogens with one attached hydrogen (secondary N) is 1. The number of hydrazone groups is 1. The molecule has 0 aromatic heterocycles. The lowest BCUT2D eigenvalue weighted by Crippen LogP contribution is -2.27. The summed E-state index contributed by atoms with van der Waals surface area (Å²) in [7, 11) is 1.57. The number of amides is 1. The summed E-state index contributed by atoms with van der Waals surface area (Å²) in [6.07, 6.45) is 0. The molecule has 1 aliphatic carbocycles. The minimum absolute atomic E-state index is 0.196. The molecule has 1 aliphatic rings. The summed E-state index contributed by atoms with van der Waals surface area (Å²) < 4.78 is 10.5. The number of nitrogens with zero attached hydrogens (tertiary/aromatic N) is 1. The van der Waals surface area contributed by atoms with Gasteiger partial charge < -0.3 is 9.47 Å². The Morgan fingerprint density at radius 1 is 0.963 bits per heavy atom. The van der Waals surface area contributed by atoms with Crippen LogP contribution in [0.2, 0.25) is 0 Å². The molecule has 3 aromatic rings. The molecule has 0 heterocycles. The SMILES string of the molecule is COc1ccc(OCC(=O)N/N=C2/C(=O)c3cccc4cccc2c34)cc1. The van der Waals surface area contributed by atoms with E-state index < -0.39 is 5.91 Å². The lowest BCUT2D eigenvalue weighted by molar-refractivity contribution is -0.123. The maximum absolute atomic E-state index is 12.6. The van der Waals surface area contributed by atoms with Crippen molar-refractivity contribution in [2.24, 2.45) is 5.10 Å². The summed E-state index contributed by atoms with van der Waals surface area (Å²) in [5.41, 5.74) is 3.97. The van der Waals surface area contributed by atoms with Crippen LogP contribution in [0.15, 0.2) is 65.8 Å². The molecule has 0 saturated carbocycles. The van der Waals surface area contributed by atoms with E-state index in [0.717, 1.165) is 16.3 Å². The average Bonchev–Trinajstić information content (AvgIpc) is 2.99. The van der Waals surface area contributed by atoms with Crippen LogP contribution in [0, 0.1) is 0 Å². The number of hydrogen-bond acceptors (Lipinski definition) is 5. The third-order valence-electron chi connectivity index (χ3n) is 4.34. The van der Waals surface area contributed by atoms with Gasteiger partial charge >= 0.3 is 0 Å². The molecule has 0 unspecified atom stereocenters. The van der Waals surface area contributed by atoms with Gasteiger partial charge in [-0.05, 0) is 29.7 Å². The molecule has 6 heteroatoms. The second kappa shape index (κ2) is 6.92. The van der Waals surface area contributed by atoms with Crippen LogP contribution >= 0.6 is 0 Å². The van der Waals surface area contributed by atoms with E-state index in [0.29, 0.717) is 17.1 Å². The Balaban J connectivity index is 1.46. The fourth-order valence-corrected chi connectivity index (χ4v) is 3.06. The van der Waals surface area contributed by atoms with Crippen molar-refractivity contribution in [3.8, 4) is 11.5 Å². The Bertz CT molecular complexity index is 1070. The van der Waals surface area contributed by atoms with Gasteiger partial charge in [0, 0.05) is 16.5 Å². The summed E-state index contributed by atoms with van der Waals surface area (Å²) in [6, 6.07) is 18.1. The number of Topliss-reactive ketones (excluding diaryl/α,β-unsaturated/α-hetero) is 1. The zero-order valence-electron chi connectivity index (χ0n) is 14.6. The van der Waals surface area contributed by atoms with Crippen LogP contribution < -0.4 is 14.9 Å². The van der Waals surface area contributed by atoms with E-state index >= 15 is 0 Å². The highest BCUT2D eigenvalue weighted by Gasteiger charge is 2.28. The number of ketones is 1. The molecule has 0 fully saturated rings. The summed E-state index contributed by atoms with van der Waals surface area (Å²) in [6.45, 7) is -0.214. The standard InChI is InChI=1S/C21H16N2O4/c1-26-14-8-10-15(11-9-14)27-12-18(24)22-23-20-16-6-2-4-13-5-3-7-17(19(13)16)21(20)25/h2-11H,12H2,1H3,(H,22,24)/b23-20+. The van der Waals surface area contributed by atoms with Crippen molar-refractivity contribution in [3.05, 3.63) is 71.8 Å². The Morgan fingerprint density at radius 2 is 1.63 bits per heavy atom. The molecule has 0 atom stereocenters. The topological polar surface area (TPSA) is 77.0 Å². The molecule has 0 bridgehead atoms. The first-order valence-electron chi connectivity index (χ1n) is 8.37. The first-order chi connectivity index (χ1) is 13.2. The molecule has 4 rings (SSSR count). The third-order valence-corrected chi connectivity index (χ3v) is 4.34. The zero-order chi connectivity index (χ0) is 18.8. The fourth-order valence-electron chi connectivity index (χ4n) is 3.06. The van der Waals surface area contributed by atoms with E-state index in [4.69, 9.17) is 9.47 Å². The van der Waals surface area contributed by atoms with E-state index in [9.17, 15) is 9.59 Å². The predicted molar refractivity (Wildman–Crippen MR) is 101 cm³/mol. The van der Waals surface area contributed by atoms with Crippen molar-refractivity contribution in [3.63, 3.8) is 0 Å². The van der Waals surface area contributed by atoms with E-state index in [1.807, 2.05) is 30.3 Å². The van der Waals surface area contributed by atoms with Crippen molar-refractivity contribution in [1.29, 1.82) is 0 Å². The number of benzene rings is 3. The maximum Gasteiger partial charge on any atom is 0.277 e. The zero-order valence-corrected chi connectivity index (χ0v) is 14.6. The Hall–Kier alpha value is -3.67. The Labute approximate surface area is 155 Å². The summed E-state index contributed by atoms with van der Waals surface area (Å²) in [5.74, 6) is 0.590. The van der Waals surface area contributed by atoms with Gasteiger partial charge in [-0.25, -0.2) is 5.43 Å². The van der Waals surface area contributed by atoms with Crippen LogP contribution in [0.25, 0.3) is 10.8 Å². The van der Waals surface area contributed by atoms with E-state index in [-0.39, 0.29) is 18.1 Å². The lowest BCUT2D eigenvalue weighted by Gasteiger charge is -2.06. The fraction of sp³-hybridized carbons (Fsp3) is 0.0952. The van der Waals surface area contributed by atoms with Crippen molar-refractivity contribution < 1.29 is 19.1 Å². The lowest BCUT2D eigenvalue weighted by atomic mass is 10.1. The molecule has 1 amide bonds. The highest BCUT2D eigenvalue weighted by molar-refractivity contribution is 6.59. The van der Waals surface area contributed by atoms with Gasteiger partial charge in [-0.2, -0.15) is 5.10 Å². The van der Waals surface area contributed by atoms with Crippen LogP contribution in [0.5, 0.6) is 11.5 Å². The maximum atomic E-state index is 12.6. The molecule has 0 aliphatic heterocycles.